The molecule has 0 bridgehead atoms. The minimum absolute atomic E-state index is 0.539. The Kier molecular flexibility index (Phi) is 3.32. The van der Waals surface area contributed by atoms with Gasteiger partial charge in [-0.2, -0.15) is 4.98 Å². The number of fused-ring (bicyclic) bond motifs is 1. The van der Waals surface area contributed by atoms with Gasteiger partial charge in [-0.15, -0.1) is 0 Å². The number of nitrogen functional groups attached to an aromatic ring is 1. The molecule has 1 aliphatic rings. The first kappa shape index (κ1) is 12.3. The maximum atomic E-state index is 5.93. The second-order valence-corrected chi connectivity index (χ2v) is 5.45. The normalized spacial score (nSPS) is 17.5. The smallest absolute Gasteiger partial charge is 0.298 e. The Labute approximate surface area is 113 Å². The van der Waals surface area contributed by atoms with E-state index in [9.17, 15) is 0 Å². The summed E-state index contributed by atoms with van der Waals surface area (Å²) in [5, 5.41) is 0. The summed E-state index contributed by atoms with van der Waals surface area (Å²) in [4.78, 5) is 6.74. The maximum Gasteiger partial charge on any atom is 0.298 e. The van der Waals surface area contributed by atoms with Gasteiger partial charge in [0.2, 0.25) is 0 Å². The monoisotopic (exact) mass is 259 g/mol. The highest BCUT2D eigenvalue weighted by Crippen LogP contribution is 2.29. The molecule has 4 nitrogen and oxygen atoms in total. The topological polar surface area (TPSA) is 55.3 Å². The van der Waals surface area contributed by atoms with Crippen LogP contribution in [0.4, 0.5) is 11.7 Å². The number of benzene rings is 1. The lowest BCUT2D eigenvalue weighted by Gasteiger charge is -2.25. The highest BCUT2D eigenvalue weighted by atomic mass is 16.4. The summed E-state index contributed by atoms with van der Waals surface area (Å²) >= 11 is 0. The van der Waals surface area contributed by atoms with Crippen molar-refractivity contribution in [3.05, 3.63) is 18.2 Å². The molecule has 0 aliphatic heterocycles. The Morgan fingerprint density at radius 2 is 1.95 bits per heavy atom. The van der Waals surface area contributed by atoms with Crippen molar-refractivity contribution in [1.29, 1.82) is 0 Å². The summed E-state index contributed by atoms with van der Waals surface area (Å²) < 4.78 is 5.84. The van der Waals surface area contributed by atoms with Crippen LogP contribution in [0.3, 0.4) is 0 Å². The molecule has 19 heavy (non-hydrogen) atoms. The second kappa shape index (κ2) is 5.11. The number of rotatable bonds is 2. The number of hydrogen-bond acceptors (Lipinski definition) is 4. The van der Waals surface area contributed by atoms with Gasteiger partial charge in [0, 0.05) is 13.1 Å². The van der Waals surface area contributed by atoms with Crippen LogP contribution in [-0.4, -0.2) is 18.1 Å². The first-order valence-corrected chi connectivity index (χ1v) is 7.13. The van der Waals surface area contributed by atoms with Crippen molar-refractivity contribution in [2.24, 2.45) is 0 Å². The number of oxazole rings is 1. The van der Waals surface area contributed by atoms with Crippen LogP contribution in [0.2, 0.25) is 0 Å². The summed E-state index contributed by atoms with van der Waals surface area (Å²) in [6.45, 7) is 0. The van der Waals surface area contributed by atoms with E-state index in [0.717, 1.165) is 11.1 Å². The Hall–Kier alpha value is -1.71. The lowest BCUT2D eigenvalue weighted by Crippen LogP contribution is -2.31. The van der Waals surface area contributed by atoms with Crippen LogP contribution in [0.1, 0.15) is 38.5 Å². The largest absolute Gasteiger partial charge is 0.423 e. The standard InChI is InChI=1S/C15H21N3O/c1-18(11-7-4-2-3-5-8-11)15-17-14-12(16)9-6-10-13(14)19-15/h6,9-11H,2-5,7-8,16H2,1H3. The van der Waals surface area contributed by atoms with Crippen molar-refractivity contribution >= 4 is 22.8 Å². The Morgan fingerprint density at radius 3 is 2.63 bits per heavy atom. The zero-order valence-corrected chi connectivity index (χ0v) is 11.4. The minimum atomic E-state index is 0.539. The van der Waals surface area contributed by atoms with E-state index in [1.54, 1.807) is 0 Å². The summed E-state index contributed by atoms with van der Waals surface area (Å²) in [5.41, 5.74) is 8.16. The van der Waals surface area contributed by atoms with Crippen LogP contribution < -0.4 is 10.6 Å². The molecule has 3 rings (SSSR count). The Bertz CT molecular complexity index is 556. The molecule has 1 aromatic heterocycles. The molecule has 1 saturated carbocycles. The molecule has 1 aromatic carbocycles. The van der Waals surface area contributed by atoms with Crippen LogP contribution in [0.25, 0.3) is 11.1 Å². The van der Waals surface area contributed by atoms with E-state index < -0.39 is 0 Å². The number of hydrogen-bond donors (Lipinski definition) is 1. The van der Waals surface area contributed by atoms with Gasteiger partial charge in [-0.3, -0.25) is 0 Å². The summed E-state index contributed by atoms with van der Waals surface area (Å²) in [7, 11) is 2.08. The average molecular weight is 259 g/mol. The Balaban J connectivity index is 1.88. The first-order chi connectivity index (χ1) is 9.25. The van der Waals surface area contributed by atoms with Crippen LogP contribution >= 0.6 is 0 Å². The molecule has 4 heteroatoms. The molecule has 102 valence electrons. The fourth-order valence-electron chi connectivity index (χ4n) is 2.91. The van der Waals surface area contributed by atoms with Crippen molar-refractivity contribution < 1.29 is 4.42 Å². The number of nitrogens with zero attached hydrogens (tertiary/aromatic N) is 2. The van der Waals surface area contributed by atoms with E-state index in [1.165, 1.54) is 38.5 Å². The van der Waals surface area contributed by atoms with Gasteiger partial charge < -0.3 is 15.1 Å². The van der Waals surface area contributed by atoms with Crippen molar-refractivity contribution in [2.75, 3.05) is 17.7 Å². The van der Waals surface area contributed by atoms with E-state index in [0.29, 0.717) is 17.7 Å². The zero-order chi connectivity index (χ0) is 13.2. The van der Waals surface area contributed by atoms with Crippen molar-refractivity contribution in [3.8, 4) is 0 Å². The van der Waals surface area contributed by atoms with Gasteiger partial charge in [-0.05, 0) is 25.0 Å². The summed E-state index contributed by atoms with van der Waals surface area (Å²) in [6.07, 6.45) is 7.76. The van der Waals surface area contributed by atoms with E-state index in [2.05, 4.69) is 16.9 Å². The SMILES string of the molecule is CN(c1nc2c(N)cccc2o1)C1CCCCCC1. The van der Waals surface area contributed by atoms with Gasteiger partial charge in [-0.1, -0.05) is 31.7 Å². The van der Waals surface area contributed by atoms with E-state index in [1.807, 2.05) is 18.2 Å². The highest BCUT2D eigenvalue weighted by Gasteiger charge is 2.21. The minimum Gasteiger partial charge on any atom is -0.423 e. The van der Waals surface area contributed by atoms with Crippen LogP contribution in [-0.2, 0) is 0 Å². The maximum absolute atomic E-state index is 5.93. The van der Waals surface area contributed by atoms with Gasteiger partial charge >= 0.3 is 0 Å². The quantitative estimate of drug-likeness (QED) is 0.661. The average Bonchev–Trinajstić information content (AvgIpc) is 2.67. The van der Waals surface area contributed by atoms with Crippen molar-refractivity contribution in [3.63, 3.8) is 0 Å². The molecule has 0 spiro atoms. The molecule has 2 N–H and O–H groups in total. The van der Waals surface area contributed by atoms with Gasteiger partial charge in [0.1, 0.15) is 5.52 Å². The predicted molar refractivity (Wildman–Crippen MR) is 78.3 cm³/mol. The zero-order valence-electron chi connectivity index (χ0n) is 11.4. The molecule has 0 radical (unpaired) electrons. The third-order valence-corrected chi connectivity index (χ3v) is 4.11. The fourth-order valence-corrected chi connectivity index (χ4v) is 2.91. The van der Waals surface area contributed by atoms with Gasteiger partial charge in [0.05, 0.1) is 5.69 Å². The molecule has 1 heterocycles. The van der Waals surface area contributed by atoms with Gasteiger partial charge in [-0.25, -0.2) is 0 Å². The van der Waals surface area contributed by atoms with E-state index in [4.69, 9.17) is 10.2 Å². The first-order valence-electron chi connectivity index (χ1n) is 7.13. The van der Waals surface area contributed by atoms with Crippen molar-refractivity contribution in [1.82, 2.24) is 4.98 Å². The fraction of sp³-hybridized carbons (Fsp3) is 0.533. The van der Waals surface area contributed by atoms with Gasteiger partial charge in [0.25, 0.3) is 6.01 Å². The molecule has 0 atom stereocenters. The predicted octanol–water partition coefficient (Wildman–Crippen LogP) is 3.57. The van der Waals surface area contributed by atoms with Gasteiger partial charge in [0.15, 0.2) is 5.58 Å². The van der Waals surface area contributed by atoms with Crippen LogP contribution in [0.15, 0.2) is 22.6 Å². The van der Waals surface area contributed by atoms with Crippen LogP contribution in [0, 0.1) is 0 Å². The van der Waals surface area contributed by atoms with E-state index >= 15 is 0 Å². The molecule has 2 aromatic rings. The second-order valence-electron chi connectivity index (χ2n) is 5.45. The molecule has 1 aliphatic carbocycles. The third kappa shape index (κ3) is 2.39. The molecule has 0 saturated heterocycles. The lowest BCUT2D eigenvalue weighted by molar-refractivity contribution is 0.496. The summed E-state index contributed by atoms with van der Waals surface area (Å²) in [6, 6.07) is 6.92. The Morgan fingerprint density at radius 1 is 1.21 bits per heavy atom. The van der Waals surface area contributed by atoms with Crippen LogP contribution in [0.5, 0.6) is 0 Å². The molecular formula is C15H21N3O. The van der Waals surface area contributed by atoms with Crippen molar-refractivity contribution in [2.45, 2.75) is 44.6 Å². The number of para-hydroxylation sites is 1. The molecule has 1 fully saturated rings. The molecule has 0 unspecified atom stereocenters. The number of nitrogens with two attached hydrogens (primary N) is 1. The molecular weight excluding hydrogens is 238 g/mol. The lowest BCUT2D eigenvalue weighted by atomic mass is 10.1. The summed E-state index contributed by atoms with van der Waals surface area (Å²) in [5.74, 6) is 0. The number of anilines is 2. The number of aromatic nitrogens is 1. The molecule has 0 amide bonds. The van der Waals surface area contributed by atoms with E-state index in [-0.39, 0.29) is 0 Å². The third-order valence-electron chi connectivity index (χ3n) is 4.11. The highest BCUT2D eigenvalue weighted by molar-refractivity contribution is 5.86.